The Morgan fingerprint density at radius 2 is 1.27 bits per heavy atom. The second kappa shape index (κ2) is 14.8. The molecule has 0 radical (unpaired) electrons. The van der Waals surface area contributed by atoms with Gasteiger partial charge in [0.1, 0.15) is 48.8 Å². The van der Waals surface area contributed by atoms with Crippen LogP contribution < -0.4 is 0 Å². The normalized spacial score (nSPS) is 56.0. The predicted molar refractivity (Wildman–Crippen MR) is 200 cm³/mol. The van der Waals surface area contributed by atoms with Gasteiger partial charge in [0.25, 0.3) is 0 Å². The van der Waals surface area contributed by atoms with E-state index in [0.29, 0.717) is 18.3 Å². The van der Waals surface area contributed by atoms with Gasteiger partial charge < -0.3 is 69.6 Å². The Labute approximate surface area is 331 Å². The number of hydrogen-bond acceptors (Lipinski definition) is 14. The molecule has 0 amide bonds. The first-order valence-corrected chi connectivity index (χ1v) is 21.3. The molecular weight excluding hydrogens is 728 g/mol. The lowest BCUT2D eigenvalue weighted by Crippen LogP contribution is -2.66. The Hall–Kier alpha value is -0.560. The number of aliphatic hydroxyl groups excluding tert-OH is 8. The molecule has 0 spiro atoms. The number of ether oxygens (including phenoxy) is 5. The van der Waals surface area contributed by atoms with E-state index >= 15 is 0 Å². The summed E-state index contributed by atoms with van der Waals surface area (Å²) in [5, 5.41) is 96.2. The third kappa shape index (κ3) is 6.58. The lowest BCUT2D eigenvalue weighted by atomic mass is 9.35. The molecule has 3 aliphatic heterocycles. The quantitative estimate of drug-likeness (QED) is 0.158. The molecule has 21 atom stereocenters. The molecule has 0 unspecified atom stereocenters. The van der Waals surface area contributed by atoms with Gasteiger partial charge in [0.15, 0.2) is 12.6 Å². The molecule has 7 rings (SSSR count). The molecule has 7 fully saturated rings. The van der Waals surface area contributed by atoms with Crippen LogP contribution in [0.3, 0.4) is 0 Å². The molecule has 7 aliphatic rings. The Balaban J connectivity index is 1.11. The molecule has 0 bridgehead atoms. The second-order valence-electron chi connectivity index (χ2n) is 21.1. The maximum absolute atomic E-state index is 11.9. The van der Waals surface area contributed by atoms with Gasteiger partial charge in [0, 0.05) is 5.92 Å². The van der Waals surface area contributed by atoms with Gasteiger partial charge in [-0.1, -0.05) is 34.6 Å². The summed E-state index contributed by atoms with van der Waals surface area (Å²) >= 11 is 0. The molecule has 56 heavy (non-hydrogen) atoms. The highest BCUT2D eigenvalue weighted by atomic mass is 16.8. The van der Waals surface area contributed by atoms with E-state index in [1.807, 2.05) is 13.8 Å². The van der Waals surface area contributed by atoms with Crippen LogP contribution in [0.4, 0.5) is 0 Å². The monoisotopic (exact) mass is 800 g/mol. The fourth-order valence-electron chi connectivity index (χ4n) is 14.2. The van der Waals surface area contributed by atoms with E-state index in [4.69, 9.17) is 23.7 Å². The van der Waals surface area contributed by atoms with E-state index in [9.17, 15) is 46.0 Å². The standard InChI is InChI=1S/C42H72O14/c1-37(2)24-11-15-40(6)25(10-9-20-28(21(45)17-41(20,40)7)42(8)16-13-27(56-42)38(3,4)51)39(24,5)14-12-26(37)54-36-34(32(49)30(47)23(19-44)53-36)55-35-33(50)31(48)29(46)22(18-43)52-35/h20-36,43-51H,9-19H2,1-8H3/t20-,21+,22+,23+,24-,25-,26-,27-,28+,29+,30+,31-,32-,33+,34+,35-,36-,39-,40+,41+,42-/m0/s1. The molecule has 14 nitrogen and oxygen atoms in total. The molecule has 3 saturated heterocycles. The summed E-state index contributed by atoms with van der Waals surface area (Å²) in [5.74, 6) is 0.929. The van der Waals surface area contributed by atoms with E-state index < -0.39 is 97.3 Å². The van der Waals surface area contributed by atoms with Gasteiger partial charge in [0.05, 0.1) is 42.7 Å². The summed E-state index contributed by atoms with van der Waals surface area (Å²) < 4.78 is 31.1. The fraction of sp³-hybridized carbons (Fsp3) is 1.00. The van der Waals surface area contributed by atoms with Gasteiger partial charge in [-0.3, -0.25) is 0 Å². The lowest BCUT2D eigenvalue weighted by Gasteiger charge is -2.70. The summed E-state index contributed by atoms with van der Waals surface area (Å²) in [6.07, 6.45) is -8.32. The highest BCUT2D eigenvalue weighted by Crippen LogP contribution is 2.76. The molecule has 14 heteroatoms. The van der Waals surface area contributed by atoms with Crippen molar-refractivity contribution < 1.29 is 69.6 Å². The minimum Gasteiger partial charge on any atom is -0.394 e. The van der Waals surface area contributed by atoms with Crippen molar-refractivity contribution in [2.45, 2.75) is 204 Å². The molecule has 4 saturated carbocycles. The topological polar surface area (TPSA) is 228 Å². The van der Waals surface area contributed by atoms with Crippen molar-refractivity contribution in [1.29, 1.82) is 0 Å². The smallest absolute Gasteiger partial charge is 0.187 e. The van der Waals surface area contributed by atoms with Crippen LogP contribution in [0.5, 0.6) is 0 Å². The van der Waals surface area contributed by atoms with Crippen LogP contribution in [-0.4, -0.2) is 150 Å². The van der Waals surface area contributed by atoms with Crippen LogP contribution >= 0.6 is 0 Å². The first-order chi connectivity index (χ1) is 26.0. The highest BCUT2D eigenvalue weighted by Gasteiger charge is 2.72. The molecule has 0 aromatic carbocycles. The summed E-state index contributed by atoms with van der Waals surface area (Å²) in [5.41, 5.74) is -2.02. The summed E-state index contributed by atoms with van der Waals surface area (Å²) in [4.78, 5) is 0. The fourth-order valence-corrected chi connectivity index (χ4v) is 14.2. The molecule has 324 valence electrons. The minimum atomic E-state index is -1.75. The second-order valence-corrected chi connectivity index (χ2v) is 21.1. The summed E-state index contributed by atoms with van der Waals surface area (Å²) in [7, 11) is 0. The highest BCUT2D eigenvalue weighted by molar-refractivity contribution is 5.20. The van der Waals surface area contributed by atoms with Crippen LogP contribution in [0.2, 0.25) is 0 Å². The Bertz CT molecular complexity index is 1410. The van der Waals surface area contributed by atoms with Crippen LogP contribution in [0, 0.1) is 45.3 Å². The zero-order valence-electron chi connectivity index (χ0n) is 34.7. The van der Waals surface area contributed by atoms with E-state index in [1.165, 1.54) is 0 Å². The zero-order valence-corrected chi connectivity index (χ0v) is 34.7. The maximum Gasteiger partial charge on any atom is 0.187 e. The van der Waals surface area contributed by atoms with Crippen LogP contribution in [0.25, 0.3) is 0 Å². The van der Waals surface area contributed by atoms with Crippen molar-refractivity contribution in [3.8, 4) is 0 Å². The summed E-state index contributed by atoms with van der Waals surface area (Å²) in [6.45, 7) is 16.3. The van der Waals surface area contributed by atoms with Gasteiger partial charge in [-0.15, -0.1) is 0 Å². The maximum atomic E-state index is 11.9. The SMILES string of the molecule is CC(C)(O)[C@@H]1CC[C@@](C)([C@H]2[C@H](O)C[C@]3(C)[C@H]2CC[C@H]2[C@@]4(C)CC[C@H](O[C@@H]5O[C@H](CO)[C@@H](O)[C@H](O)[C@H]5O[C@@H]5O[C@H](CO)[C@@H](O)[C@H](O)[C@H]5O)C(C)(C)[C@@H]4CC[C@]23C)O1. The zero-order chi connectivity index (χ0) is 41.1. The largest absolute Gasteiger partial charge is 0.394 e. The van der Waals surface area contributed by atoms with Crippen molar-refractivity contribution >= 4 is 0 Å². The van der Waals surface area contributed by atoms with Crippen LogP contribution in [0.1, 0.15) is 113 Å². The van der Waals surface area contributed by atoms with Crippen molar-refractivity contribution in [1.82, 2.24) is 0 Å². The minimum absolute atomic E-state index is 0.00557. The van der Waals surface area contributed by atoms with Crippen molar-refractivity contribution in [3.05, 3.63) is 0 Å². The molecule has 0 aromatic heterocycles. The third-order valence-electron chi connectivity index (χ3n) is 17.4. The van der Waals surface area contributed by atoms with Crippen molar-refractivity contribution in [2.24, 2.45) is 45.3 Å². The van der Waals surface area contributed by atoms with E-state index in [1.54, 1.807) is 0 Å². The Morgan fingerprint density at radius 1 is 0.643 bits per heavy atom. The van der Waals surface area contributed by atoms with E-state index in [-0.39, 0.29) is 40.3 Å². The van der Waals surface area contributed by atoms with Gasteiger partial charge in [-0.2, -0.15) is 0 Å². The summed E-state index contributed by atoms with van der Waals surface area (Å²) in [6, 6.07) is 0. The van der Waals surface area contributed by atoms with Gasteiger partial charge in [-0.25, -0.2) is 0 Å². The Morgan fingerprint density at radius 3 is 1.88 bits per heavy atom. The number of rotatable bonds is 8. The number of hydrogen-bond donors (Lipinski definition) is 9. The van der Waals surface area contributed by atoms with Crippen LogP contribution in [0.15, 0.2) is 0 Å². The molecule has 9 N–H and O–H groups in total. The first-order valence-electron chi connectivity index (χ1n) is 21.3. The molecule has 3 heterocycles. The molecular formula is C42H72O14. The number of fused-ring (bicyclic) bond motifs is 5. The molecule has 0 aromatic rings. The molecule has 4 aliphatic carbocycles. The van der Waals surface area contributed by atoms with Crippen molar-refractivity contribution in [2.75, 3.05) is 13.2 Å². The average Bonchev–Trinajstić information content (AvgIpc) is 3.66. The lowest BCUT2D eigenvalue weighted by molar-refractivity contribution is -0.378. The van der Waals surface area contributed by atoms with Crippen LogP contribution in [-0.2, 0) is 23.7 Å². The average molecular weight is 801 g/mol. The van der Waals surface area contributed by atoms with E-state index in [0.717, 1.165) is 51.4 Å². The number of aliphatic hydroxyl groups is 9. The first kappa shape index (κ1) is 43.5. The van der Waals surface area contributed by atoms with Gasteiger partial charge in [0.2, 0.25) is 0 Å². The van der Waals surface area contributed by atoms with Gasteiger partial charge >= 0.3 is 0 Å². The van der Waals surface area contributed by atoms with Gasteiger partial charge in [-0.05, 0) is 118 Å². The third-order valence-corrected chi connectivity index (χ3v) is 17.4. The van der Waals surface area contributed by atoms with E-state index in [2.05, 4.69) is 41.5 Å². The van der Waals surface area contributed by atoms with Crippen molar-refractivity contribution in [3.63, 3.8) is 0 Å². The Kier molecular flexibility index (Phi) is 11.5. The predicted octanol–water partition coefficient (Wildman–Crippen LogP) is 1.36.